The Kier molecular flexibility index (Phi) is 4.28. The zero-order valence-corrected chi connectivity index (χ0v) is 11.3. The van der Waals surface area contributed by atoms with Crippen molar-refractivity contribution in [1.82, 2.24) is 0 Å². The molecule has 0 bridgehead atoms. The van der Waals surface area contributed by atoms with Gasteiger partial charge in [-0.3, -0.25) is 4.99 Å². The molecule has 0 unspecified atom stereocenters. The first-order chi connectivity index (χ1) is 7.47. The lowest BCUT2D eigenvalue weighted by Crippen LogP contribution is -2.01. The predicted molar refractivity (Wildman–Crippen MR) is 72.9 cm³/mol. The normalized spacial score (nSPS) is 12.0. The van der Waals surface area contributed by atoms with Crippen molar-refractivity contribution in [3.05, 3.63) is 34.4 Å². The van der Waals surface area contributed by atoms with Crippen LogP contribution in [0.2, 0.25) is 0 Å². The van der Waals surface area contributed by atoms with Crippen LogP contribution in [0.4, 0.5) is 0 Å². The van der Waals surface area contributed by atoms with E-state index in [2.05, 4.69) is 51.7 Å². The summed E-state index contributed by atoms with van der Waals surface area (Å²) in [6.07, 6.45) is 1.97. The lowest BCUT2D eigenvalue weighted by atomic mass is 9.89. The molecule has 0 aromatic heterocycles. The second-order valence-corrected chi connectivity index (χ2v) is 5.02. The van der Waals surface area contributed by atoms with E-state index in [1.165, 1.54) is 22.3 Å². The Bertz CT molecular complexity index is 387. The van der Waals surface area contributed by atoms with Crippen molar-refractivity contribution < 1.29 is 0 Å². The van der Waals surface area contributed by atoms with Gasteiger partial charge in [0.25, 0.3) is 0 Å². The van der Waals surface area contributed by atoms with E-state index in [1.54, 1.807) is 0 Å². The topological polar surface area (TPSA) is 12.4 Å². The van der Waals surface area contributed by atoms with E-state index in [4.69, 9.17) is 0 Å². The fourth-order valence-corrected chi connectivity index (χ4v) is 1.99. The molecule has 0 fully saturated rings. The molecule has 1 rings (SSSR count). The fourth-order valence-electron chi connectivity index (χ4n) is 1.99. The third kappa shape index (κ3) is 2.72. The molecular weight excluding hydrogens is 194 g/mol. The zero-order valence-electron chi connectivity index (χ0n) is 11.3. The third-order valence-electron chi connectivity index (χ3n) is 3.07. The minimum atomic E-state index is 0.571. The van der Waals surface area contributed by atoms with E-state index < -0.39 is 0 Å². The monoisotopic (exact) mass is 217 g/mol. The van der Waals surface area contributed by atoms with Crippen LogP contribution in [0.1, 0.15) is 61.8 Å². The van der Waals surface area contributed by atoms with Gasteiger partial charge in [0.1, 0.15) is 0 Å². The van der Waals surface area contributed by atoms with Crippen molar-refractivity contribution in [3.63, 3.8) is 0 Å². The largest absolute Gasteiger partial charge is 0.296 e. The maximum absolute atomic E-state index is 4.14. The highest BCUT2D eigenvalue weighted by Gasteiger charge is 2.10. The Morgan fingerprint density at radius 2 is 1.69 bits per heavy atom. The first-order valence-corrected chi connectivity index (χ1v) is 6.04. The van der Waals surface area contributed by atoms with E-state index in [0.717, 1.165) is 0 Å². The summed E-state index contributed by atoms with van der Waals surface area (Å²) in [6.45, 7) is 11.2. The van der Waals surface area contributed by atoms with Gasteiger partial charge in [0.05, 0.1) is 0 Å². The minimum Gasteiger partial charge on any atom is -0.296 e. The Morgan fingerprint density at radius 3 is 2.12 bits per heavy atom. The molecule has 88 valence electrons. The first-order valence-electron chi connectivity index (χ1n) is 6.04. The van der Waals surface area contributed by atoms with Gasteiger partial charge < -0.3 is 0 Å². The number of benzene rings is 1. The molecule has 0 radical (unpaired) electrons. The van der Waals surface area contributed by atoms with Crippen LogP contribution in [-0.2, 0) is 0 Å². The Balaban J connectivity index is 3.38. The van der Waals surface area contributed by atoms with Crippen molar-refractivity contribution in [2.75, 3.05) is 7.05 Å². The molecule has 0 saturated carbocycles. The van der Waals surface area contributed by atoms with Gasteiger partial charge in [0.15, 0.2) is 0 Å². The molecule has 1 heteroatoms. The second-order valence-electron chi connectivity index (χ2n) is 5.02. The highest BCUT2D eigenvalue weighted by Crippen LogP contribution is 2.26. The smallest absolute Gasteiger partial charge is 0.0284 e. The summed E-state index contributed by atoms with van der Waals surface area (Å²) in [5.74, 6) is 1.14. The van der Waals surface area contributed by atoms with Crippen LogP contribution in [-0.4, -0.2) is 13.3 Å². The van der Waals surface area contributed by atoms with E-state index in [9.17, 15) is 0 Å². The summed E-state index contributed by atoms with van der Waals surface area (Å²) in [6, 6.07) is 4.61. The quantitative estimate of drug-likeness (QED) is 0.670. The highest BCUT2D eigenvalue weighted by atomic mass is 14.6. The molecule has 0 heterocycles. The lowest BCUT2D eigenvalue weighted by Gasteiger charge is -2.16. The van der Waals surface area contributed by atoms with Crippen molar-refractivity contribution in [3.8, 4) is 0 Å². The average molecular weight is 217 g/mol. The molecule has 16 heavy (non-hydrogen) atoms. The van der Waals surface area contributed by atoms with Crippen LogP contribution in [0.3, 0.4) is 0 Å². The first kappa shape index (κ1) is 13.0. The van der Waals surface area contributed by atoms with Gasteiger partial charge in [-0.05, 0) is 47.1 Å². The predicted octanol–water partition coefficient (Wildman–Crippen LogP) is 4.29. The van der Waals surface area contributed by atoms with Crippen LogP contribution in [0.5, 0.6) is 0 Å². The van der Waals surface area contributed by atoms with Gasteiger partial charge >= 0.3 is 0 Å². The maximum Gasteiger partial charge on any atom is 0.0284 e. The molecule has 1 aromatic rings. The van der Waals surface area contributed by atoms with Crippen molar-refractivity contribution in [2.45, 2.75) is 46.5 Å². The second kappa shape index (κ2) is 5.29. The Morgan fingerprint density at radius 1 is 1.06 bits per heavy atom. The molecule has 0 aliphatic rings. The van der Waals surface area contributed by atoms with Gasteiger partial charge in [-0.1, -0.05) is 33.8 Å². The molecule has 0 N–H and O–H groups in total. The Labute approximate surface area is 99.6 Å². The molecule has 0 spiro atoms. The molecule has 1 nitrogen and oxygen atoms in total. The number of rotatable bonds is 3. The number of nitrogens with zero attached hydrogens (tertiary/aromatic N) is 1. The van der Waals surface area contributed by atoms with Gasteiger partial charge in [0.2, 0.25) is 0 Å². The van der Waals surface area contributed by atoms with Gasteiger partial charge in [-0.2, -0.15) is 0 Å². The standard InChI is InChI=1S/C15H23N/c1-10(2)13-7-14(9-16-6)12(5)15(8-13)11(3)4/h7-11H,1-6H3. The third-order valence-corrected chi connectivity index (χ3v) is 3.07. The number of aliphatic imine (C=N–C) groups is 1. The lowest BCUT2D eigenvalue weighted by molar-refractivity contribution is 0.826. The fraction of sp³-hybridized carbons (Fsp3) is 0.533. The number of hydrogen-bond donors (Lipinski definition) is 0. The summed E-state index contributed by atoms with van der Waals surface area (Å²) >= 11 is 0. The van der Waals surface area contributed by atoms with Crippen LogP contribution in [0, 0.1) is 6.92 Å². The molecule has 1 aromatic carbocycles. The van der Waals surface area contributed by atoms with Crippen molar-refractivity contribution in [1.29, 1.82) is 0 Å². The van der Waals surface area contributed by atoms with Crippen LogP contribution >= 0.6 is 0 Å². The van der Waals surface area contributed by atoms with Crippen LogP contribution < -0.4 is 0 Å². The van der Waals surface area contributed by atoms with Gasteiger partial charge in [0, 0.05) is 13.3 Å². The molecule has 0 aliphatic heterocycles. The number of hydrogen-bond acceptors (Lipinski definition) is 1. The zero-order chi connectivity index (χ0) is 12.3. The van der Waals surface area contributed by atoms with E-state index in [0.29, 0.717) is 11.8 Å². The SMILES string of the molecule is CN=Cc1cc(C(C)C)cc(C(C)C)c1C. The van der Waals surface area contributed by atoms with Crippen molar-refractivity contribution >= 4 is 6.21 Å². The average Bonchev–Trinajstić information content (AvgIpc) is 2.20. The summed E-state index contributed by atoms with van der Waals surface area (Å²) in [5.41, 5.74) is 5.48. The van der Waals surface area contributed by atoms with Gasteiger partial charge in [-0.25, -0.2) is 0 Å². The van der Waals surface area contributed by atoms with E-state index in [-0.39, 0.29) is 0 Å². The van der Waals surface area contributed by atoms with E-state index >= 15 is 0 Å². The van der Waals surface area contributed by atoms with Crippen molar-refractivity contribution in [2.24, 2.45) is 4.99 Å². The van der Waals surface area contributed by atoms with Crippen LogP contribution in [0.15, 0.2) is 17.1 Å². The Hall–Kier alpha value is -1.11. The molecule has 0 aliphatic carbocycles. The van der Waals surface area contributed by atoms with E-state index in [1.807, 2.05) is 13.3 Å². The van der Waals surface area contributed by atoms with Gasteiger partial charge in [-0.15, -0.1) is 0 Å². The van der Waals surface area contributed by atoms with Crippen LogP contribution in [0.25, 0.3) is 0 Å². The maximum atomic E-state index is 4.14. The summed E-state index contributed by atoms with van der Waals surface area (Å²) in [7, 11) is 1.83. The molecule has 0 atom stereocenters. The minimum absolute atomic E-state index is 0.571. The summed E-state index contributed by atoms with van der Waals surface area (Å²) < 4.78 is 0. The highest BCUT2D eigenvalue weighted by molar-refractivity contribution is 5.82. The molecule has 0 saturated heterocycles. The summed E-state index contributed by atoms with van der Waals surface area (Å²) in [5, 5.41) is 0. The molecular formula is C15H23N. The molecule has 0 amide bonds. The summed E-state index contributed by atoms with van der Waals surface area (Å²) in [4.78, 5) is 4.14.